The van der Waals surface area contributed by atoms with E-state index in [0.29, 0.717) is 5.75 Å². The van der Waals surface area contributed by atoms with Crippen LogP contribution in [0.25, 0.3) is 5.57 Å². The number of rotatable bonds is 3. The van der Waals surface area contributed by atoms with E-state index in [9.17, 15) is 5.11 Å². The van der Waals surface area contributed by atoms with Crippen molar-refractivity contribution in [1.29, 1.82) is 0 Å². The van der Waals surface area contributed by atoms with E-state index < -0.39 is 0 Å². The maximum Gasteiger partial charge on any atom is 0.122 e. The molecule has 2 rings (SSSR count). The van der Waals surface area contributed by atoms with E-state index in [4.69, 9.17) is 0 Å². The minimum atomic E-state index is 0.0981. The number of aryl methyl sites for hydroxylation is 2. The molecule has 0 heterocycles. The van der Waals surface area contributed by atoms with E-state index in [1.54, 1.807) is 0 Å². The van der Waals surface area contributed by atoms with Gasteiger partial charge in [-0.15, -0.1) is 0 Å². The van der Waals surface area contributed by atoms with E-state index in [1.807, 2.05) is 44.2 Å². The summed E-state index contributed by atoms with van der Waals surface area (Å²) in [5.41, 5.74) is 5.18. The summed E-state index contributed by atoms with van der Waals surface area (Å²) in [7, 11) is 0. The van der Waals surface area contributed by atoms with E-state index in [0.717, 1.165) is 27.8 Å². The Morgan fingerprint density at radius 3 is 2.37 bits per heavy atom. The Bertz CT molecular complexity index is 597. The Morgan fingerprint density at radius 1 is 1.11 bits per heavy atom. The lowest BCUT2D eigenvalue weighted by Gasteiger charge is -2.18. The second-order valence-corrected chi connectivity index (χ2v) is 5.13. The largest absolute Gasteiger partial charge is 0.507 e. The first-order chi connectivity index (χ1) is 9.00. The van der Waals surface area contributed by atoms with Gasteiger partial charge in [0.25, 0.3) is 0 Å². The van der Waals surface area contributed by atoms with Crippen LogP contribution in [-0.2, 0) is 0 Å². The molecule has 0 bridgehead atoms. The zero-order chi connectivity index (χ0) is 14.0. The summed E-state index contributed by atoms with van der Waals surface area (Å²) in [6, 6.07) is 14.2. The van der Waals surface area contributed by atoms with Crippen LogP contribution < -0.4 is 0 Å². The fraction of sp³-hybridized carbons (Fsp3) is 0.222. The quantitative estimate of drug-likeness (QED) is 0.829. The summed E-state index contributed by atoms with van der Waals surface area (Å²) >= 11 is 0. The monoisotopic (exact) mass is 252 g/mol. The van der Waals surface area contributed by atoms with E-state index >= 15 is 0 Å². The van der Waals surface area contributed by atoms with Crippen LogP contribution in [-0.4, -0.2) is 5.11 Å². The Kier molecular flexibility index (Phi) is 3.75. The number of phenols is 1. The lowest BCUT2D eigenvalue weighted by Crippen LogP contribution is -1.99. The molecule has 19 heavy (non-hydrogen) atoms. The minimum Gasteiger partial charge on any atom is -0.507 e. The highest BCUT2D eigenvalue weighted by molar-refractivity contribution is 5.70. The maximum atomic E-state index is 10.2. The van der Waals surface area contributed by atoms with Crippen LogP contribution in [0, 0.1) is 13.8 Å². The molecule has 1 unspecified atom stereocenters. The third kappa shape index (κ3) is 2.70. The van der Waals surface area contributed by atoms with Crippen molar-refractivity contribution in [3.8, 4) is 5.75 Å². The number of aromatic hydroxyl groups is 1. The zero-order valence-electron chi connectivity index (χ0n) is 11.8. The molecule has 1 heteroatoms. The van der Waals surface area contributed by atoms with Gasteiger partial charge in [-0.2, -0.15) is 0 Å². The summed E-state index contributed by atoms with van der Waals surface area (Å²) < 4.78 is 0. The SMILES string of the molecule is C=C(c1ccccc1)C(C)c1cc(C)cc(C)c1O. The van der Waals surface area contributed by atoms with E-state index in [-0.39, 0.29) is 5.92 Å². The van der Waals surface area contributed by atoms with Crippen LogP contribution in [0.15, 0.2) is 49.0 Å². The second-order valence-electron chi connectivity index (χ2n) is 5.13. The molecule has 0 amide bonds. The predicted molar refractivity (Wildman–Crippen MR) is 81.5 cm³/mol. The topological polar surface area (TPSA) is 20.2 Å². The summed E-state index contributed by atoms with van der Waals surface area (Å²) in [5.74, 6) is 0.483. The number of hydrogen-bond donors (Lipinski definition) is 1. The van der Waals surface area contributed by atoms with Crippen LogP contribution in [0.2, 0.25) is 0 Å². The first-order valence-electron chi connectivity index (χ1n) is 6.55. The Hall–Kier alpha value is -2.02. The molecule has 98 valence electrons. The van der Waals surface area contributed by atoms with Gasteiger partial charge in [0, 0.05) is 11.5 Å². The molecule has 0 aromatic heterocycles. The first-order valence-corrected chi connectivity index (χ1v) is 6.55. The molecule has 0 saturated heterocycles. The van der Waals surface area contributed by atoms with Gasteiger partial charge >= 0.3 is 0 Å². The number of hydrogen-bond acceptors (Lipinski definition) is 1. The van der Waals surface area contributed by atoms with Crippen molar-refractivity contribution in [3.05, 3.63) is 71.3 Å². The van der Waals surface area contributed by atoms with Crippen molar-refractivity contribution in [3.63, 3.8) is 0 Å². The van der Waals surface area contributed by atoms with Gasteiger partial charge in [-0.3, -0.25) is 0 Å². The van der Waals surface area contributed by atoms with Gasteiger partial charge < -0.3 is 5.11 Å². The molecule has 1 nitrogen and oxygen atoms in total. The van der Waals surface area contributed by atoms with Crippen molar-refractivity contribution in [1.82, 2.24) is 0 Å². The summed E-state index contributed by atoms with van der Waals surface area (Å²) in [6.07, 6.45) is 0. The minimum absolute atomic E-state index is 0.0981. The third-order valence-electron chi connectivity index (χ3n) is 3.61. The lowest BCUT2D eigenvalue weighted by molar-refractivity contribution is 0.462. The van der Waals surface area contributed by atoms with Crippen molar-refractivity contribution >= 4 is 5.57 Å². The fourth-order valence-corrected chi connectivity index (χ4v) is 2.41. The van der Waals surface area contributed by atoms with Gasteiger partial charge in [0.1, 0.15) is 5.75 Å². The number of phenolic OH excluding ortho intramolecular Hbond substituents is 1. The highest BCUT2D eigenvalue weighted by Crippen LogP contribution is 2.37. The fourth-order valence-electron chi connectivity index (χ4n) is 2.41. The second kappa shape index (κ2) is 5.31. The predicted octanol–water partition coefficient (Wildman–Crippen LogP) is 4.83. The molecular formula is C18H20O. The Balaban J connectivity index is 2.40. The maximum absolute atomic E-state index is 10.2. The van der Waals surface area contributed by atoms with Gasteiger partial charge in [0.15, 0.2) is 0 Å². The summed E-state index contributed by atoms with van der Waals surface area (Å²) in [5, 5.41) is 10.2. The standard InChI is InChI=1S/C18H20O/c1-12-10-13(2)18(19)17(11-12)15(4)14(3)16-8-6-5-7-9-16/h5-11,15,19H,3H2,1-2,4H3. The van der Waals surface area contributed by atoms with Crippen molar-refractivity contribution in [2.24, 2.45) is 0 Å². The lowest BCUT2D eigenvalue weighted by atomic mass is 9.87. The third-order valence-corrected chi connectivity index (χ3v) is 3.61. The molecule has 0 spiro atoms. The van der Waals surface area contributed by atoms with Crippen LogP contribution >= 0.6 is 0 Å². The van der Waals surface area contributed by atoms with Gasteiger partial charge in [-0.25, -0.2) is 0 Å². The van der Waals surface area contributed by atoms with E-state index in [2.05, 4.69) is 25.6 Å². The first kappa shape index (κ1) is 13.4. The van der Waals surface area contributed by atoms with Crippen LogP contribution in [0.5, 0.6) is 5.75 Å². The van der Waals surface area contributed by atoms with Gasteiger partial charge in [-0.05, 0) is 30.5 Å². The highest BCUT2D eigenvalue weighted by Gasteiger charge is 2.16. The van der Waals surface area contributed by atoms with Crippen LogP contribution in [0.1, 0.15) is 35.1 Å². The normalized spacial score (nSPS) is 12.2. The van der Waals surface area contributed by atoms with Crippen LogP contribution in [0.4, 0.5) is 0 Å². The molecule has 1 atom stereocenters. The van der Waals surface area contributed by atoms with Gasteiger partial charge in [0.2, 0.25) is 0 Å². The van der Waals surface area contributed by atoms with Crippen molar-refractivity contribution < 1.29 is 5.11 Å². The van der Waals surface area contributed by atoms with Crippen molar-refractivity contribution in [2.75, 3.05) is 0 Å². The average molecular weight is 252 g/mol. The van der Waals surface area contributed by atoms with Crippen molar-refractivity contribution in [2.45, 2.75) is 26.7 Å². The Morgan fingerprint density at radius 2 is 1.74 bits per heavy atom. The average Bonchev–Trinajstić information content (AvgIpc) is 2.42. The van der Waals surface area contributed by atoms with Gasteiger partial charge in [0.05, 0.1) is 0 Å². The number of benzene rings is 2. The summed E-state index contributed by atoms with van der Waals surface area (Å²) in [6.45, 7) is 10.3. The molecule has 0 aliphatic carbocycles. The molecule has 0 aliphatic heterocycles. The highest BCUT2D eigenvalue weighted by atomic mass is 16.3. The molecule has 0 fully saturated rings. The zero-order valence-corrected chi connectivity index (χ0v) is 11.8. The molecule has 1 N–H and O–H groups in total. The molecular weight excluding hydrogens is 232 g/mol. The molecule has 0 aliphatic rings. The molecule has 0 saturated carbocycles. The Labute approximate surface area is 115 Å². The molecule has 0 radical (unpaired) electrons. The summed E-state index contributed by atoms with van der Waals surface area (Å²) in [4.78, 5) is 0. The smallest absolute Gasteiger partial charge is 0.122 e. The number of allylic oxidation sites excluding steroid dienone is 1. The van der Waals surface area contributed by atoms with Crippen LogP contribution in [0.3, 0.4) is 0 Å². The van der Waals surface area contributed by atoms with Gasteiger partial charge in [-0.1, -0.05) is 61.5 Å². The van der Waals surface area contributed by atoms with E-state index in [1.165, 1.54) is 0 Å². The molecule has 2 aromatic rings. The molecule has 2 aromatic carbocycles.